The van der Waals surface area contributed by atoms with Crippen LogP contribution in [0, 0.1) is 11.8 Å². The summed E-state index contributed by atoms with van der Waals surface area (Å²) in [6.45, 7) is 0. The maximum Gasteiger partial charge on any atom is 0.382 e. The Bertz CT molecular complexity index is 240. The largest absolute Gasteiger partial charge is 0.472 e. The van der Waals surface area contributed by atoms with E-state index in [1.165, 1.54) is 6.42 Å². The first-order valence-corrected chi connectivity index (χ1v) is 3.73. The second-order valence-corrected chi connectivity index (χ2v) is 2.53. The Morgan fingerprint density at radius 2 is 2.36 bits per heavy atom. The molecule has 0 atom stereocenters. The molecule has 0 unspecified atom stereocenters. The zero-order valence-corrected chi connectivity index (χ0v) is 6.26. The van der Waals surface area contributed by atoms with Crippen molar-refractivity contribution in [2.75, 3.05) is 0 Å². The molecule has 1 N–H and O–H groups in total. The van der Waals surface area contributed by atoms with E-state index in [9.17, 15) is 4.79 Å². The molecule has 1 aliphatic rings. The molecule has 1 rings (SSSR count). The first-order chi connectivity index (χ1) is 5.29. The van der Waals surface area contributed by atoms with Crippen molar-refractivity contribution in [2.45, 2.75) is 25.7 Å². The molecule has 0 aromatic carbocycles. The average Bonchev–Trinajstić information content (AvgIpc) is 2.03. The van der Waals surface area contributed by atoms with Gasteiger partial charge in [-0.15, -0.1) is 0 Å². The Labute approximate surface area is 65.9 Å². The van der Waals surface area contributed by atoms with Gasteiger partial charge in [0.1, 0.15) is 0 Å². The van der Waals surface area contributed by atoms with Gasteiger partial charge in [0.05, 0.1) is 0 Å². The highest BCUT2D eigenvalue weighted by atomic mass is 16.4. The monoisotopic (exact) mass is 150 g/mol. The van der Waals surface area contributed by atoms with Crippen LogP contribution in [0.4, 0.5) is 0 Å². The first kappa shape index (κ1) is 7.87. The third kappa shape index (κ3) is 2.90. The third-order valence-corrected chi connectivity index (χ3v) is 1.62. The molecule has 0 bridgehead atoms. The molecule has 0 fully saturated rings. The van der Waals surface area contributed by atoms with Crippen LogP contribution >= 0.6 is 0 Å². The number of rotatable bonds is 0. The van der Waals surface area contributed by atoms with E-state index in [1.54, 1.807) is 0 Å². The molecule has 0 aliphatic heterocycles. The lowest BCUT2D eigenvalue weighted by Gasteiger charge is -2.05. The van der Waals surface area contributed by atoms with Gasteiger partial charge >= 0.3 is 5.97 Å². The second-order valence-electron chi connectivity index (χ2n) is 2.53. The fourth-order valence-electron chi connectivity index (χ4n) is 1.09. The molecule has 11 heavy (non-hydrogen) atoms. The zero-order chi connectivity index (χ0) is 8.10. The van der Waals surface area contributed by atoms with E-state index >= 15 is 0 Å². The number of carbonyl (C=O) groups is 1. The smallest absolute Gasteiger partial charge is 0.382 e. The molecular weight excluding hydrogens is 140 g/mol. The van der Waals surface area contributed by atoms with E-state index in [-0.39, 0.29) is 0 Å². The summed E-state index contributed by atoms with van der Waals surface area (Å²) < 4.78 is 0. The van der Waals surface area contributed by atoms with Gasteiger partial charge in [0.25, 0.3) is 0 Å². The van der Waals surface area contributed by atoms with Crippen LogP contribution in [0.1, 0.15) is 25.7 Å². The molecule has 0 heterocycles. The van der Waals surface area contributed by atoms with Gasteiger partial charge in [0, 0.05) is 5.92 Å². The molecule has 0 amide bonds. The molecule has 58 valence electrons. The number of carboxylic acid groups (broad SMARTS) is 1. The van der Waals surface area contributed by atoms with E-state index in [2.05, 4.69) is 11.8 Å². The SMILES string of the molecule is O=C(O)C#CC1=CCCCC1. The molecule has 0 aromatic rings. The highest BCUT2D eigenvalue weighted by Crippen LogP contribution is 2.15. The molecule has 2 heteroatoms. The highest BCUT2D eigenvalue weighted by molar-refractivity contribution is 5.87. The fraction of sp³-hybridized carbons (Fsp3) is 0.444. The Morgan fingerprint density at radius 1 is 1.55 bits per heavy atom. The molecule has 0 saturated carbocycles. The van der Waals surface area contributed by atoms with E-state index in [0.717, 1.165) is 24.8 Å². The first-order valence-electron chi connectivity index (χ1n) is 3.73. The van der Waals surface area contributed by atoms with Crippen molar-refractivity contribution < 1.29 is 9.90 Å². The van der Waals surface area contributed by atoms with Gasteiger partial charge in [-0.05, 0) is 31.3 Å². The number of allylic oxidation sites excluding steroid dienone is 2. The number of hydrogen-bond acceptors (Lipinski definition) is 1. The van der Waals surface area contributed by atoms with Crippen molar-refractivity contribution in [1.29, 1.82) is 0 Å². The average molecular weight is 150 g/mol. The van der Waals surface area contributed by atoms with Crippen LogP contribution in [0.15, 0.2) is 11.6 Å². The maximum absolute atomic E-state index is 10.0. The lowest BCUT2D eigenvalue weighted by molar-refractivity contribution is -0.130. The van der Waals surface area contributed by atoms with Crippen LogP contribution in [0.5, 0.6) is 0 Å². The second kappa shape index (κ2) is 3.82. The van der Waals surface area contributed by atoms with Crippen LogP contribution in [0.3, 0.4) is 0 Å². The Hall–Kier alpha value is -1.23. The van der Waals surface area contributed by atoms with Crippen LogP contribution in [-0.4, -0.2) is 11.1 Å². The minimum atomic E-state index is -1.04. The lowest BCUT2D eigenvalue weighted by atomic mass is 10.0. The zero-order valence-electron chi connectivity index (χ0n) is 6.26. The van der Waals surface area contributed by atoms with Gasteiger partial charge in [0.2, 0.25) is 0 Å². The molecule has 0 radical (unpaired) electrons. The third-order valence-electron chi connectivity index (χ3n) is 1.62. The number of carboxylic acids is 1. The van der Waals surface area contributed by atoms with Crippen molar-refractivity contribution in [3.63, 3.8) is 0 Å². The Morgan fingerprint density at radius 3 is 2.91 bits per heavy atom. The van der Waals surface area contributed by atoms with E-state index in [4.69, 9.17) is 5.11 Å². The standard InChI is InChI=1S/C9H10O2/c10-9(11)7-6-8-4-2-1-3-5-8/h4H,1-3,5H2,(H,10,11). The summed E-state index contributed by atoms with van der Waals surface area (Å²) in [6, 6.07) is 0. The van der Waals surface area contributed by atoms with E-state index in [0.29, 0.717) is 0 Å². The molecule has 0 aromatic heterocycles. The van der Waals surface area contributed by atoms with Gasteiger partial charge in [-0.25, -0.2) is 4.79 Å². The lowest BCUT2D eigenvalue weighted by Crippen LogP contribution is -1.91. The summed E-state index contributed by atoms with van der Waals surface area (Å²) in [5.74, 6) is 3.70. The molecule has 2 nitrogen and oxygen atoms in total. The summed E-state index contributed by atoms with van der Waals surface area (Å²) in [4.78, 5) is 10.0. The van der Waals surface area contributed by atoms with E-state index < -0.39 is 5.97 Å². The summed E-state index contributed by atoms with van der Waals surface area (Å²) >= 11 is 0. The summed E-state index contributed by atoms with van der Waals surface area (Å²) in [7, 11) is 0. The summed E-state index contributed by atoms with van der Waals surface area (Å²) in [6.07, 6.45) is 6.36. The predicted octanol–water partition coefficient (Wildman–Crippen LogP) is 1.57. The van der Waals surface area contributed by atoms with Crippen LogP contribution < -0.4 is 0 Å². The van der Waals surface area contributed by atoms with Crippen LogP contribution in [0.25, 0.3) is 0 Å². The maximum atomic E-state index is 10.0. The highest BCUT2D eigenvalue weighted by Gasteiger charge is 1.99. The van der Waals surface area contributed by atoms with Crippen LogP contribution in [0.2, 0.25) is 0 Å². The van der Waals surface area contributed by atoms with Crippen molar-refractivity contribution in [1.82, 2.24) is 0 Å². The van der Waals surface area contributed by atoms with Crippen molar-refractivity contribution >= 4 is 5.97 Å². The topological polar surface area (TPSA) is 37.3 Å². The predicted molar refractivity (Wildman–Crippen MR) is 42.0 cm³/mol. The molecule has 1 aliphatic carbocycles. The molecule has 0 spiro atoms. The van der Waals surface area contributed by atoms with Crippen molar-refractivity contribution in [2.24, 2.45) is 0 Å². The quantitative estimate of drug-likeness (QED) is 0.532. The number of hydrogen-bond donors (Lipinski definition) is 1. The van der Waals surface area contributed by atoms with Crippen molar-refractivity contribution in [3.8, 4) is 11.8 Å². The van der Waals surface area contributed by atoms with Gasteiger partial charge in [-0.2, -0.15) is 0 Å². The number of aliphatic carboxylic acids is 1. The fourth-order valence-corrected chi connectivity index (χ4v) is 1.09. The van der Waals surface area contributed by atoms with Crippen molar-refractivity contribution in [3.05, 3.63) is 11.6 Å². The normalized spacial score (nSPS) is 16.2. The van der Waals surface area contributed by atoms with Gasteiger partial charge < -0.3 is 5.11 Å². The van der Waals surface area contributed by atoms with Gasteiger partial charge in [0.15, 0.2) is 0 Å². The Kier molecular flexibility index (Phi) is 2.74. The van der Waals surface area contributed by atoms with Crippen LogP contribution in [-0.2, 0) is 4.79 Å². The summed E-state index contributed by atoms with van der Waals surface area (Å²) in [5.41, 5.74) is 0.985. The van der Waals surface area contributed by atoms with E-state index in [1.807, 2.05) is 6.08 Å². The Balaban J connectivity index is 2.56. The molecular formula is C9H10O2. The summed E-state index contributed by atoms with van der Waals surface area (Å²) in [5, 5.41) is 8.24. The molecule has 0 saturated heterocycles. The minimum absolute atomic E-state index is 0.945. The van der Waals surface area contributed by atoms with Gasteiger partial charge in [-0.3, -0.25) is 0 Å². The minimum Gasteiger partial charge on any atom is -0.472 e. The van der Waals surface area contributed by atoms with Gasteiger partial charge in [-0.1, -0.05) is 12.0 Å².